The van der Waals surface area contributed by atoms with E-state index in [0.29, 0.717) is 0 Å². The molecule has 0 bridgehead atoms. The molecule has 0 aromatic heterocycles. The fourth-order valence-corrected chi connectivity index (χ4v) is 0. The van der Waals surface area contributed by atoms with E-state index in [0.717, 1.165) is 0 Å². The Bertz CT molecular complexity index is 17.9. The van der Waals surface area contributed by atoms with E-state index in [-0.39, 0.29) is 21.1 Å². The Balaban J connectivity index is 0. The van der Waals surface area contributed by atoms with Crippen molar-refractivity contribution < 1.29 is 21.1 Å². The fourth-order valence-electron chi connectivity index (χ4n) is 0. The monoisotopic (exact) mass is 255 g/mol. The molecule has 0 rings (SSSR count). The van der Waals surface area contributed by atoms with Crippen LogP contribution in [0.4, 0.5) is 0 Å². The van der Waals surface area contributed by atoms with Crippen LogP contribution in [0.5, 0.6) is 0 Å². The zero-order chi connectivity index (χ0) is 4.28. The van der Waals surface area contributed by atoms with Crippen molar-refractivity contribution in [1.29, 1.82) is 0 Å². The average molecular weight is 255 g/mol. The Morgan fingerprint density at radius 2 is 1.50 bits per heavy atom. The van der Waals surface area contributed by atoms with Crippen LogP contribution in [-0.4, -0.2) is 0 Å². The van der Waals surface area contributed by atoms with E-state index in [1.54, 1.807) is 0 Å². The van der Waals surface area contributed by atoms with Crippen molar-refractivity contribution in [2.45, 2.75) is 27.2 Å². The first kappa shape index (κ1) is 9.85. The van der Waals surface area contributed by atoms with Gasteiger partial charge in [0.2, 0.25) is 0 Å². The fraction of sp³-hybridized carbons (Fsp3) is 0.800. The van der Waals surface area contributed by atoms with Gasteiger partial charge in [-0.05, 0) is 0 Å². The summed E-state index contributed by atoms with van der Waals surface area (Å²) in [6.45, 7) is 6.44. The average Bonchev–Trinajstić information content (AvgIpc) is 1.38. The zero-order valence-corrected chi connectivity index (χ0v) is 7.55. The minimum Gasteiger partial charge on any atom is -0.320 e. The molecule has 0 aliphatic heterocycles. The topological polar surface area (TPSA) is 0 Å². The Labute approximate surface area is 54.6 Å². The molecule has 0 aliphatic rings. The predicted molar refractivity (Wildman–Crippen MR) is 24.9 cm³/mol. The SMILES string of the molecule is CC[C-](C)C.[W+2]. The number of rotatable bonds is 1. The number of hydrogen-bond acceptors (Lipinski definition) is 0. The molecule has 6 heavy (non-hydrogen) atoms. The Morgan fingerprint density at radius 3 is 1.50 bits per heavy atom. The summed E-state index contributed by atoms with van der Waals surface area (Å²) in [6.07, 6.45) is 1.22. The van der Waals surface area contributed by atoms with Crippen molar-refractivity contribution in [3.63, 3.8) is 0 Å². The van der Waals surface area contributed by atoms with E-state index in [4.69, 9.17) is 0 Å². The molecule has 0 saturated heterocycles. The third-order valence-corrected chi connectivity index (χ3v) is 0.707. The van der Waals surface area contributed by atoms with Gasteiger partial charge < -0.3 is 5.92 Å². The second-order valence-electron chi connectivity index (χ2n) is 1.56. The molecule has 36 valence electrons. The summed E-state index contributed by atoms with van der Waals surface area (Å²) in [6, 6.07) is 0. The quantitative estimate of drug-likeness (QED) is 0.629. The largest absolute Gasteiger partial charge is 2.00 e. The van der Waals surface area contributed by atoms with Gasteiger partial charge in [0.05, 0.1) is 0 Å². The van der Waals surface area contributed by atoms with Gasteiger partial charge in [-0.1, -0.05) is 6.92 Å². The minimum atomic E-state index is 0. The van der Waals surface area contributed by atoms with E-state index < -0.39 is 0 Å². The maximum absolute atomic E-state index is 2.16. The Hall–Kier alpha value is 0.688. The molecule has 0 radical (unpaired) electrons. The Morgan fingerprint density at radius 1 is 1.33 bits per heavy atom. The van der Waals surface area contributed by atoms with Crippen LogP contribution in [0.3, 0.4) is 0 Å². The summed E-state index contributed by atoms with van der Waals surface area (Å²) >= 11 is 0. The van der Waals surface area contributed by atoms with E-state index in [1.165, 1.54) is 12.3 Å². The van der Waals surface area contributed by atoms with E-state index in [9.17, 15) is 0 Å². The molecule has 0 saturated carbocycles. The molecule has 1 heteroatoms. The van der Waals surface area contributed by atoms with Crippen LogP contribution in [-0.2, 0) is 21.1 Å². The summed E-state index contributed by atoms with van der Waals surface area (Å²) in [5.41, 5.74) is 0. The summed E-state index contributed by atoms with van der Waals surface area (Å²) in [5.74, 6) is 1.50. The van der Waals surface area contributed by atoms with Crippen LogP contribution >= 0.6 is 0 Å². The Kier molecular flexibility index (Phi) is 9.33. The van der Waals surface area contributed by atoms with Crippen molar-refractivity contribution in [1.82, 2.24) is 0 Å². The van der Waals surface area contributed by atoms with Crippen molar-refractivity contribution in [2.75, 3.05) is 0 Å². The third kappa shape index (κ3) is 8.82. The van der Waals surface area contributed by atoms with Gasteiger partial charge in [0.15, 0.2) is 0 Å². The molecule has 0 aromatic rings. The van der Waals surface area contributed by atoms with Crippen LogP contribution in [0, 0.1) is 5.92 Å². The maximum atomic E-state index is 2.16. The number of hydrogen-bond donors (Lipinski definition) is 0. The summed E-state index contributed by atoms with van der Waals surface area (Å²) in [7, 11) is 0. The van der Waals surface area contributed by atoms with Crippen LogP contribution in [0.2, 0.25) is 0 Å². The predicted octanol–water partition coefficient (Wildman–Crippen LogP) is 2.01. The van der Waals surface area contributed by atoms with Crippen molar-refractivity contribution in [3.05, 3.63) is 5.92 Å². The van der Waals surface area contributed by atoms with Gasteiger partial charge in [-0.2, -0.15) is 20.3 Å². The van der Waals surface area contributed by atoms with Gasteiger partial charge in [0, 0.05) is 0 Å². The van der Waals surface area contributed by atoms with Crippen molar-refractivity contribution >= 4 is 0 Å². The van der Waals surface area contributed by atoms with Gasteiger partial charge in [-0.3, -0.25) is 0 Å². The molecule has 0 N–H and O–H groups in total. The molecular formula is C5H11W+. The third-order valence-electron chi connectivity index (χ3n) is 0.707. The van der Waals surface area contributed by atoms with Gasteiger partial charge in [-0.25, -0.2) is 0 Å². The molecule has 0 spiro atoms. The van der Waals surface area contributed by atoms with Crippen LogP contribution in [0.15, 0.2) is 0 Å². The van der Waals surface area contributed by atoms with E-state index >= 15 is 0 Å². The molecule has 0 aromatic carbocycles. The van der Waals surface area contributed by atoms with Crippen LogP contribution < -0.4 is 0 Å². The summed E-state index contributed by atoms with van der Waals surface area (Å²) in [4.78, 5) is 0. The molecule has 0 heterocycles. The van der Waals surface area contributed by atoms with Gasteiger partial charge in [0.1, 0.15) is 0 Å². The van der Waals surface area contributed by atoms with E-state index in [1.807, 2.05) is 0 Å². The normalized spacial score (nSPS) is 8.00. The smallest absolute Gasteiger partial charge is 0.320 e. The molecule has 0 unspecified atom stereocenters. The standard InChI is InChI=1S/C5H11.W/c1-4-5(2)3;/h4H2,1-3H3;/q-1;+2. The molecule has 0 amide bonds. The van der Waals surface area contributed by atoms with Crippen molar-refractivity contribution in [2.24, 2.45) is 0 Å². The maximum Gasteiger partial charge on any atom is 2.00 e. The van der Waals surface area contributed by atoms with E-state index in [2.05, 4.69) is 20.8 Å². The first-order chi connectivity index (χ1) is 2.27. The van der Waals surface area contributed by atoms with Crippen molar-refractivity contribution in [3.8, 4) is 0 Å². The van der Waals surface area contributed by atoms with Crippen LogP contribution in [0.1, 0.15) is 27.2 Å². The van der Waals surface area contributed by atoms with Crippen LogP contribution in [0.25, 0.3) is 0 Å². The summed E-state index contributed by atoms with van der Waals surface area (Å²) in [5, 5.41) is 0. The second-order valence-corrected chi connectivity index (χ2v) is 1.56. The molecule has 0 nitrogen and oxygen atoms in total. The van der Waals surface area contributed by atoms with Gasteiger partial charge >= 0.3 is 21.1 Å². The molecule has 0 fully saturated rings. The molecule has 0 atom stereocenters. The summed E-state index contributed by atoms with van der Waals surface area (Å²) < 4.78 is 0. The molecular weight excluding hydrogens is 244 g/mol. The zero-order valence-electron chi connectivity index (χ0n) is 4.62. The first-order valence-corrected chi connectivity index (χ1v) is 2.06. The van der Waals surface area contributed by atoms with Gasteiger partial charge in [-0.15, -0.1) is 0 Å². The molecule has 0 aliphatic carbocycles. The first-order valence-electron chi connectivity index (χ1n) is 2.06. The second kappa shape index (κ2) is 5.69. The minimum absolute atomic E-state index is 0. The van der Waals surface area contributed by atoms with Gasteiger partial charge in [0.25, 0.3) is 0 Å².